The number of hydrogen-bond acceptors (Lipinski definition) is 3. The Bertz CT molecular complexity index is 642. The van der Waals surface area contributed by atoms with Crippen LogP contribution in [0.15, 0.2) is 42.5 Å². The van der Waals surface area contributed by atoms with Gasteiger partial charge in [-0.3, -0.25) is 0 Å². The fraction of sp³-hybridized carbons (Fsp3) is 0.294. The van der Waals surface area contributed by atoms with Crippen LogP contribution in [0.1, 0.15) is 17.2 Å². The first-order valence-corrected chi connectivity index (χ1v) is 7.42. The minimum absolute atomic E-state index is 0.163. The lowest BCUT2D eigenvalue weighted by molar-refractivity contribution is 0.0970. The third-order valence-electron chi connectivity index (χ3n) is 3.74. The second kappa shape index (κ2) is 5.96. The van der Waals surface area contributed by atoms with Gasteiger partial charge in [-0.05, 0) is 29.3 Å². The molecule has 0 saturated carbocycles. The van der Waals surface area contributed by atoms with Crippen LogP contribution in [0, 0.1) is 0 Å². The first-order valence-electron chi connectivity index (χ1n) is 7.04. The fourth-order valence-corrected chi connectivity index (χ4v) is 3.01. The smallest absolute Gasteiger partial charge is 0.0751 e. The van der Waals surface area contributed by atoms with Crippen LogP contribution >= 0.6 is 11.6 Å². The number of rotatable bonds is 3. The third-order valence-corrected chi connectivity index (χ3v) is 4.05. The van der Waals surface area contributed by atoms with E-state index in [-0.39, 0.29) is 6.04 Å². The molecule has 0 aliphatic carbocycles. The van der Waals surface area contributed by atoms with Gasteiger partial charge >= 0.3 is 0 Å². The lowest BCUT2D eigenvalue weighted by atomic mass is 9.99. The average molecular weight is 303 g/mol. The molecule has 1 heterocycles. The molecule has 0 radical (unpaired) electrons. The van der Waals surface area contributed by atoms with Gasteiger partial charge in [0.05, 0.1) is 30.0 Å². The van der Waals surface area contributed by atoms with E-state index in [1.165, 1.54) is 11.1 Å². The van der Waals surface area contributed by atoms with Gasteiger partial charge in [0.2, 0.25) is 0 Å². The number of hydrogen-bond donors (Lipinski definition) is 1. The van der Waals surface area contributed by atoms with Crippen LogP contribution in [0.25, 0.3) is 0 Å². The Morgan fingerprint density at radius 3 is 2.76 bits per heavy atom. The molecule has 4 heteroatoms. The molecule has 1 unspecified atom stereocenters. The molecule has 3 nitrogen and oxygen atoms in total. The van der Waals surface area contributed by atoms with Crippen LogP contribution in [-0.4, -0.2) is 20.7 Å². The first kappa shape index (κ1) is 14.2. The highest BCUT2D eigenvalue weighted by Crippen LogP contribution is 2.31. The van der Waals surface area contributed by atoms with Gasteiger partial charge in [-0.25, -0.2) is 0 Å². The molecule has 0 bridgehead atoms. The number of nitrogens with zero attached hydrogens (tertiary/aromatic N) is 1. The summed E-state index contributed by atoms with van der Waals surface area (Å²) in [6, 6.07) is 14.6. The van der Waals surface area contributed by atoms with E-state index in [2.05, 4.69) is 29.6 Å². The van der Waals surface area contributed by atoms with Gasteiger partial charge < -0.3 is 15.0 Å². The molecule has 3 rings (SSSR count). The van der Waals surface area contributed by atoms with Gasteiger partial charge in [0.15, 0.2) is 0 Å². The zero-order chi connectivity index (χ0) is 14.8. The normalized spacial score (nSPS) is 17.2. The highest BCUT2D eigenvalue weighted by molar-refractivity contribution is 6.33. The number of anilines is 2. The minimum atomic E-state index is 0.163. The maximum absolute atomic E-state index is 6.33. The molecular weight excluding hydrogens is 284 g/mol. The molecule has 0 fully saturated rings. The third kappa shape index (κ3) is 2.99. The summed E-state index contributed by atoms with van der Waals surface area (Å²) in [5, 5.41) is 4.26. The Morgan fingerprint density at radius 1 is 1.19 bits per heavy atom. The minimum Gasteiger partial charge on any atom is -0.376 e. The van der Waals surface area contributed by atoms with Gasteiger partial charge in [-0.2, -0.15) is 0 Å². The zero-order valence-electron chi connectivity index (χ0n) is 12.3. The molecule has 110 valence electrons. The van der Waals surface area contributed by atoms with Crippen molar-refractivity contribution >= 4 is 23.0 Å². The summed E-state index contributed by atoms with van der Waals surface area (Å²) in [5.41, 5.74) is 4.58. The number of benzene rings is 2. The van der Waals surface area contributed by atoms with Crippen molar-refractivity contribution in [2.24, 2.45) is 0 Å². The van der Waals surface area contributed by atoms with E-state index in [9.17, 15) is 0 Å². The number of fused-ring (bicyclic) bond motifs is 1. The molecule has 1 aliphatic rings. The molecule has 1 atom stereocenters. The number of halogens is 1. The number of ether oxygens (including phenoxy) is 1. The van der Waals surface area contributed by atoms with Crippen LogP contribution < -0.4 is 10.2 Å². The summed E-state index contributed by atoms with van der Waals surface area (Å²) >= 11 is 6.33. The van der Waals surface area contributed by atoms with Crippen LogP contribution in [0.5, 0.6) is 0 Å². The molecule has 0 spiro atoms. The molecule has 0 aromatic heterocycles. The van der Waals surface area contributed by atoms with Gasteiger partial charge in [-0.1, -0.05) is 35.9 Å². The second-order valence-corrected chi connectivity index (χ2v) is 5.88. The molecule has 1 N–H and O–H groups in total. The number of nitrogens with one attached hydrogen (secondary N) is 1. The standard InChI is InChI=1S/C17H19ClN2O/c1-20(2)17-8-7-13(9-15(17)18)19-16-11-21-10-12-5-3-4-6-14(12)16/h3-9,16,19H,10-11H2,1-2H3. The monoisotopic (exact) mass is 302 g/mol. The summed E-state index contributed by atoms with van der Waals surface area (Å²) in [6.45, 7) is 1.36. The molecular formula is C17H19ClN2O. The van der Waals surface area contributed by atoms with Crippen LogP contribution in [0.4, 0.5) is 11.4 Å². The Balaban J connectivity index is 1.83. The van der Waals surface area contributed by atoms with E-state index in [0.29, 0.717) is 13.2 Å². The summed E-state index contributed by atoms with van der Waals surface area (Å²) in [4.78, 5) is 2.01. The van der Waals surface area contributed by atoms with Crippen molar-refractivity contribution in [2.45, 2.75) is 12.6 Å². The maximum atomic E-state index is 6.33. The first-order chi connectivity index (χ1) is 10.1. The lowest BCUT2D eigenvalue weighted by Gasteiger charge is -2.27. The summed E-state index contributed by atoms with van der Waals surface area (Å²) in [6.07, 6.45) is 0. The Hall–Kier alpha value is -1.71. The van der Waals surface area contributed by atoms with Crippen molar-refractivity contribution in [2.75, 3.05) is 30.9 Å². The van der Waals surface area contributed by atoms with Crippen molar-refractivity contribution in [1.82, 2.24) is 0 Å². The maximum Gasteiger partial charge on any atom is 0.0751 e. The molecule has 0 amide bonds. The predicted molar refractivity (Wildman–Crippen MR) is 88.2 cm³/mol. The molecule has 2 aromatic rings. The van der Waals surface area contributed by atoms with E-state index in [1.807, 2.05) is 37.2 Å². The van der Waals surface area contributed by atoms with Crippen LogP contribution in [-0.2, 0) is 11.3 Å². The van der Waals surface area contributed by atoms with E-state index < -0.39 is 0 Å². The van der Waals surface area contributed by atoms with Crippen molar-refractivity contribution in [3.63, 3.8) is 0 Å². The second-order valence-electron chi connectivity index (χ2n) is 5.47. The van der Waals surface area contributed by atoms with Crippen molar-refractivity contribution < 1.29 is 4.74 Å². The summed E-state index contributed by atoms with van der Waals surface area (Å²) in [7, 11) is 3.97. The summed E-state index contributed by atoms with van der Waals surface area (Å²) in [5.74, 6) is 0. The van der Waals surface area contributed by atoms with Crippen molar-refractivity contribution in [1.29, 1.82) is 0 Å². The quantitative estimate of drug-likeness (QED) is 0.924. The fourth-order valence-electron chi connectivity index (χ4n) is 2.66. The predicted octanol–water partition coefficient (Wildman–Crippen LogP) is 4.09. The highest BCUT2D eigenvalue weighted by Gasteiger charge is 2.20. The van der Waals surface area contributed by atoms with E-state index in [1.54, 1.807) is 0 Å². The van der Waals surface area contributed by atoms with Gasteiger partial charge in [-0.15, -0.1) is 0 Å². The SMILES string of the molecule is CN(C)c1ccc(NC2COCc3ccccc32)cc1Cl. The zero-order valence-corrected chi connectivity index (χ0v) is 13.0. The summed E-state index contributed by atoms with van der Waals surface area (Å²) < 4.78 is 5.67. The van der Waals surface area contributed by atoms with Gasteiger partial charge in [0, 0.05) is 19.8 Å². The molecule has 0 saturated heterocycles. The highest BCUT2D eigenvalue weighted by atomic mass is 35.5. The average Bonchev–Trinajstić information content (AvgIpc) is 2.47. The van der Waals surface area contributed by atoms with E-state index >= 15 is 0 Å². The van der Waals surface area contributed by atoms with Gasteiger partial charge in [0.1, 0.15) is 0 Å². The van der Waals surface area contributed by atoms with E-state index in [0.717, 1.165) is 16.4 Å². The van der Waals surface area contributed by atoms with Crippen molar-refractivity contribution in [3.8, 4) is 0 Å². The van der Waals surface area contributed by atoms with Crippen LogP contribution in [0.3, 0.4) is 0 Å². The van der Waals surface area contributed by atoms with Crippen LogP contribution in [0.2, 0.25) is 5.02 Å². The Morgan fingerprint density at radius 2 is 2.00 bits per heavy atom. The molecule has 2 aromatic carbocycles. The van der Waals surface area contributed by atoms with Crippen molar-refractivity contribution in [3.05, 3.63) is 58.6 Å². The van der Waals surface area contributed by atoms with E-state index in [4.69, 9.17) is 16.3 Å². The molecule has 21 heavy (non-hydrogen) atoms. The Kier molecular flexibility index (Phi) is 4.04. The lowest BCUT2D eigenvalue weighted by Crippen LogP contribution is -2.23. The van der Waals surface area contributed by atoms with Gasteiger partial charge in [0.25, 0.3) is 0 Å². The topological polar surface area (TPSA) is 24.5 Å². The molecule has 1 aliphatic heterocycles. The largest absolute Gasteiger partial charge is 0.376 e. The Labute approximate surface area is 130 Å².